The van der Waals surface area contributed by atoms with E-state index in [4.69, 9.17) is 0 Å². The standard InChI is InChI=1S/C10H19NO/c1-10(2)5-7-3-9(12)4-8(6-10)11-7/h7-9,11-12H,3-6H2,1-2H3/t7-,8+,9?. The lowest BCUT2D eigenvalue weighted by atomic mass is 9.71. The molecule has 1 unspecified atom stereocenters. The van der Waals surface area contributed by atoms with Crippen LogP contribution in [0.25, 0.3) is 0 Å². The van der Waals surface area contributed by atoms with E-state index in [0.29, 0.717) is 17.5 Å². The third-order valence-electron chi connectivity index (χ3n) is 3.18. The molecule has 0 spiro atoms. The predicted octanol–water partition coefficient (Wildman–Crippen LogP) is 1.29. The molecule has 2 heterocycles. The number of nitrogens with one attached hydrogen (secondary N) is 1. The molecule has 0 aliphatic carbocycles. The molecule has 0 radical (unpaired) electrons. The second kappa shape index (κ2) is 2.71. The van der Waals surface area contributed by atoms with Crippen LogP contribution in [-0.4, -0.2) is 23.3 Å². The van der Waals surface area contributed by atoms with E-state index in [1.54, 1.807) is 0 Å². The molecule has 2 N–H and O–H groups in total. The van der Waals surface area contributed by atoms with Gasteiger partial charge in [-0.2, -0.15) is 0 Å². The Balaban J connectivity index is 2.06. The molecule has 2 saturated heterocycles. The molecule has 2 rings (SSSR count). The van der Waals surface area contributed by atoms with Gasteiger partial charge >= 0.3 is 0 Å². The zero-order valence-electron chi connectivity index (χ0n) is 8.01. The molecule has 2 aliphatic rings. The number of rotatable bonds is 0. The fourth-order valence-corrected chi connectivity index (χ4v) is 2.92. The summed E-state index contributed by atoms with van der Waals surface area (Å²) in [6, 6.07) is 1.14. The maximum absolute atomic E-state index is 9.55. The molecule has 0 saturated carbocycles. The van der Waals surface area contributed by atoms with Crippen LogP contribution in [0.5, 0.6) is 0 Å². The summed E-state index contributed by atoms with van der Waals surface area (Å²) in [6.45, 7) is 4.68. The smallest absolute Gasteiger partial charge is 0.0569 e. The second-order valence-electron chi connectivity index (χ2n) is 5.26. The summed E-state index contributed by atoms with van der Waals surface area (Å²) in [5.41, 5.74) is 0.487. The molecule has 2 bridgehead atoms. The van der Waals surface area contributed by atoms with Crippen LogP contribution in [0.4, 0.5) is 0 Å². The number of aliphatic hydroxyl groups is 1. The Morgan fingerprint density at radius 2 is 1.67 bits per heavy atom. The van der Waals surface area contributed by atoms with Crippen molar-refractivity contribution in [2.24, 2.45) is 5.41 Å². The minimum Gasteiger partial charge on any atom is -0.393 e. The first-order valence-electron chi connectivity index (χ1n) is 4.99. The SMILES string of the molecule is CC1(C)C[C@H]2CC(O)C[C@@H](C1)N2. The van der Waals surface area contributed by atoms with E-state index in [1.165, 1.54) is 12.8 Å². The van der Waals surface area contributed by atoms with Gasteiger partial charge in [-0.05, 0) is 31.1 Å². The summed E-state index contributed by atoms with van der Waals surface area (Å²) >= 11 is 0. The summed E-state index contributed by atoms with van der Waals surface area (Å²) in [7, 11) is 0. The maximum atomic E-state index is 9.55. The lowest BCUT2D eigenvalue weighted by molar-refractivity contribution is 0.0361. The van der Waals surface area contributed by atoms with Crippen LogP contribution in [0.15, 0.2) is 0 Å². The first-order valence-corrected chi connectivity index (χ1v) is 4.99. The van der Waals surface area contributed by atoms with Crippen LogP contribution in [-0.2, 0) is 0 Å². The third-order valence-corrected chi connectivity index (χ3v) is 3.18. The summed E-state index contributed by atoms with van der Waals surface area (Å²) in [5.74, 6) is 0. The van der Waals surface area contributed by atoms with Crippen molar-refractivity contribution in [2.75, 3.05) is 0 Å². The van der Waals surface area contributed by atoms with Crippen molar-refractivity contribution >= 4 is 0 Å². The summed E-state index contributed by atoms with van der Waals surface area (Å²) < 4.78 is 0. The van der Waals surface area contributed by atoms with E-state index in [-0.39, 0.29) is 6.10 Å². The normalized spacial score (nSPS) is 45.8. The van der Waals surface area contributed by atoms with E-state index in [2.05, 4.69) is 19.2 Å². The van der Waals surface area contributed by atoms with Gasteiger partial charge in [0, 0.05) is 12.1 Å². The topological polar surface area (TPSA) is 32.3 Å². The van der Waals surface area contributed by atoms with E-state index >= 15 is 0 Å². The van der Waals surface area contributed by atoms with Gasteiger partial charge in [-0.3, -0.25) is 0 Å². The fraction of sp³-hybridized carbons (Fsp3) is 1.00. The van der Waals surface area contributed by atoms with Crippen molar-refractivity contribution in [3.05, 3.63) is 0 Å². The lowest BCUT2D eigenvalue weighted by Crippen LogP contribution is -2.54. The van der Waals surface area contributed by atoms with Crippen LogP contribution in [0, 0.1) is 5.41 Å². The van der Waals surface area contributed by atoms with Crippen LogP contribution < -0.4 is 5.32 Å². The van der Waals surface area contributed by atoms with Gasteiger partial charge in [0.1, 0.15) is 0 Å². The number of aliphatic hydroxyl groups excluding tert-OH is 1. The van der Waals surface area contributed by atoms with E-state index < -0.39 is 0 Å². The lowest BCUT2D eigenvalue weighted by Gasteiger charge is -2.46. The van der Waals surface area contributed by atoms with E-state index in [1.807, 2.05) is 0 Å². The van der Waals surface area contributed by atoms with E-state index in [9.17, 15) is 5.11 Å². The highest BCUT2D eigenvalue weighted by atomic mass is 16.3. The monoisotopic (exact) mass is 169 g/mol. The molecule has 0 amide bonds. The van der Waals surface area contributed by atoms with Gasteiger partial charge in [0.25, 0.3) is 0 Å². The first kappa shape index (κ1) is 8.52. The number of hydrogen-bond donors (Lipinski definition) is 2. The van der Waals surface area contributed by atoms with Crippen molar-refractivity contribution < 1.29 is 5.11 Å². The number of hydrogen-bond acceptors (Lipinski definition) is 2. The van der Waals surface area contributed by atoms with Gasteiger partial charge in [0.15, 0.2) is 0 Å². The van der Waals surface area contributed by atoms with Crippen LogP contribution >= 0.6 is 0 Å². The van der Waals surface area contributed by atoms with Crippen molar-refractivity contribution in [2.45, 2.75) is 57.7 Å². The largest absolute Gasteiger partial charge is 0.393 e. The Hall–Kier alpha value is -0.0800. The minimum absolute atomic E-state index is 0.0441. The molecule has 2 heteroatoms. The molecule has 3 atom stereocenters. The number of piperidine rings is 2. The van der Waals surface area contributed by atoms with Crippen molar-refractivity contribution in [1.29, 1.82) is 0 Å². The highest BCUT2D eigenvalue weighted by molar-refractivity contribution is 4.95. The van der Waals surface area contributed by atoms with Crippen molar-refractivity contribution in [3.63, 3.8) is 0 Å². The van der Waals surface area contributed by atoms with Gasteiger partial charge in [-0.25, -0.2) is 0 Å². The van der Waals surface area contributed by atoms with Crippen LogP contribution in [0.1, 0.15) is 39.5 Å². The maximum Gasteiger partial charge on any atom is 0.0569 e. The first-order chi connectivity index (χ1) is 5.55. The van der Waals surface area contributed by atoms with Gasteiger partial charge in [-0.15, -0.1) is 0 Å². The second-order valence-corrected chi connectivity index (χ2v) is 5.26. The zero-order chi connectivity index (χ0) is 8.77. The highest BCUT2D eigenvalue weighted by Gasteiger charge is 2.38. The Morgan fingerprint density at radius 3 is 2.17 bits per heavy atom. The molecule has 12 heavy (non-hydrogen) atoms. The minimum atomic E-state index is -0.0441. The molecule has 70 valence electrons. The Labute approximate surface area is 74.4 Å². The van der Waals surface area contributed by atoms with Gasteiger partial charge in [0.2, 0.25) is 0 Å². The molecular weight excluding hydrogens is 150 g/mol. The van der Waals surface area contributed by atoms with Crippen LogP contribution in [0.2, 0.25) is 0 Å². The average molecular weight is 169 g/mol. The number of fused-ring (bicyclic) bond motifs is 2. The average Bonchev–Trinajstić information content (AvgIpc) is 1.78. The molecule has 0 aromatic rings. The Bertz CT molecular complexity index is 159. The molecule has 2 fully saturated rings. The summed E-state index contributed by atoms with van der Waals surface area (Å²) in [6.07, 6.45) is 4.32. The van der Waals surface area contributed by atoms with Gasteiger partial charge < -0.3 is 10.4 Å². The highest BCUT2D eigenvalue weighted by Crippen LogP contribution is 2.37. The Morgan fingerprint density at radius 1 is 1.17 bits per heavy atom. The zero-order valence-corrected chi connectivity index (χ0v) is 8.01. The molecule has 0 aromatic heterocycles. The van der Waals surface area contributed by atoms with Crippen molar-refractivity contribution in [3.8, 4) is 0 Å². The van der Waals surface area contributed by atoms with Crippen LogP contribution in [0.3, 0.4) is 0 Å². The summed E-state index contributed by atoms with van der Waals surface area (Å²) in [5, 5.41) is 13.1. The molecule has 0 aromatic carbocycles. The predicted molar refractivity (Wildman–Crippen MR) is 49.0 cm³/mol. The van der Waals surface area contributed by atoms with Gasteiger partial charge in [-0.1, -0.05) is 13.8 Å². The Kier molecular flexibility index (Phi) is 1.92. The third kappa shape index (κ3) is 1.64. The van der Waals surface area contributed by atoms with Gasteiger partial charge in [0.05, 0.1) is 6.10 Å². The molecule has 2 aliphatic heterocycles. The quantitative estimate of drug-likeness (QED) is 0.572. The van der Waals surface area contributed by atoms with Crippen molar-refractivity contribution in [1.82, 2.24) is 5.32 Å². The summed E-state index contributed by atoms with van der Waals surface area (Å²) in [4.78, 5) is 0. The molecular formula is C10H19NO. The van der Waals surface area contributed by atoms with E-state index in [0.717, 1.165) is 12.8 Å². The fourth-order valence-electron chi connectivity index (χ4n) is 2.92. The molecule has 2 nitrogen and oxygen atoms in total.